The lowest BCUT2D eigenvalue weighted by molar-refractivity contribution is 0.593. The van der Waals surface area contributed by atoms with Gasteiger partial charge in [0.15, 0.2) is 0 Å². The summed E-state index contributed by atoms with van der Waals surface area (Å²) in [6.07, 6.45) is 0. The van der Waals surface area contributed by atoms with Gasteiger partial charge in [-0.3, -0.25) is 0 Å². The van der Waals surface area contributed by atoms with Crippen LogP contribution in [0.15, 0.2) is 188 Å². The number of hydrogen-bond acceptors (Lipinski definition) is 1. The van der Waals surface area contributed by atoms with Crippen LogP contribution in [0.4, 0.5) is 0 Å². The first-order valence-corrected chi connectivity index (χ1v) is 16.6. The van der Waals surface area contributed by atoms with E-state index in [1.54, 1.807) is 0 Å². The van der Waals surface area contributed by atoms with E-state index in [-0.39, 0.29) is 0 Å². The highest BCUT2D eigenvalue weighted by atomic mass is 16.4. The summed E-state index contributed by atoms with van der Waals surface area (Å²) in [6, 6.07) is 67.2. The maximum Gasteiger partial charge on any atom is 0.428 e. The highest BCUT2D eigenvalue weighted by Crippen LogP contribution is 2.38. The second-order valence-corrected chi connectivity index (χ2v) is 12.3. The molecule has 48 heavy (non-hydrogen) atoms. The molecule has 0 saturated heterocycles. The highest BCUT2D eigenvalue weighted by Gasteiger charge is 2.33. The SMILES string of the molecule is c1ccc(OB(c2c3ccccc3c(-c3ccccc3)c3ccccc23)c2c3ccccc3c(-c3ccccc3)c3ccccc23)cc1. The van der Waals surface area contributed by atoms with E-state index in [1.165, 1.54) is 76.3 Å². The van der Waals surface area contributed by atoms with E-state index in [9.17, 15) is 0 Å². The van der Waals surface area contributed by atoms with Gasteiger partial charge in [0.25, 0.3) is 0 Å². The molecule has 0 radical (unpaired) electrons. The van der Waals surface area contributed by atoms with E-state index < -0.39 is 6.92 Å². The van der Waals surface area contributed by atoms with E-state index in [0.717, 1.165) is 5.75 Å². The van der Waals surface area contributed by atoms with Crippen LogP contribution < -0.4 is 15.6 Å². The second-order valence-electron chi connectivity index (χ2n) is 12.3. The summed E-state index contributed by atoms with van der Waals surface area (Å²) in [7, 11) is 0. The van der Waals surface area contributed by atoms with Gasteiger partial charge in [-0.05, 0) is 88.4 Å². The number of benzene rings is 9. The third-order valence-electron chi connectivity index (χ3n) is 9.59. The Hall–Kier alpha value is -6.12. The van der Waals surface area contributed by atoms with E-state index in [2.05, 4.69) is 182 Å². The van der Waals surface area contributed by atoms with Crippen LogP contribution in [0.25, 0.3) is 65.3 Å². The summed E-state index contributed by atoms with van der Waals surface area (Å²) in [5.41, 5.74) is 7.26. The summed E-state index contributed by atoms with van der Waals surface area (Å²) in [6.45, 7) is -0.411. The van der Waals surface area contributed by atoms with Crippen LogP contribution in [0, 0.1) is 0 Å². The predicted octanol–water partition coefficient (Wildman–Crippen LogP) is 10.8. The van der Waals surface area contributed by atoms with E-state index in [4.69, 9.17) is 4.65 Å². The quantitative estimate of drug-likeness (QED) is 0.134. The van der Waals surface area contributed by atoms with Crippen LogP contribution in [0.1, 0.15) is 0 Å². The Labute approximate surface area is 280 Å². The monoisotopic (exact) mass is 610 g/mol. The van der Waals surface area contributed by atoms with Crippen molar-refractivity contribution < 1.29 is 4.65 Å². The lowest BCUT2D eigenvalue weighted by Crippen LogP contribution is -2.49. The minimum Gasteiger partial charge on any atom is -0.551 e. The summed E-state index contributed by atoms with van der Waals surface area (Å²) in [5, 5.41) is 9.63. The van der Waals surface area contributed by atoms with Crippen molar-refractivity contribution >= 4 is 60.9 Å². The number of hydrogen-bond donors (Lipinski definition) is 0. The van der Waals surface area contributed by atoms with Crippen molar-refractivity contribution in [2.24, 2.45) is 0 Å². The fraction of sp³-hybridized carbons (Fsp3) is 0. The van der Waals surface area contributed by atoms with Crippen molar-refractivity contribution in [2.45, 2.75) is 0 Å². The molecule has 0 fully saturated rings. The summed E-state index contributed by atoms with van der Waals surface area (Å²) < 4.78 is 7.31. The number of para-hydroxylation sites is 1. The molecule has 2 heteroatoms. The van der Waals surface area contributed by atoms with Gasteiger partial charge >= 0.3 is 6.92 Å². The summed E-state index contributed by atoms with van der Waals surface area (Å²) in [4.78, 5) is 0. The molecule has 224 valence electrons. The maximum absolute atomic E-state index is 7.31. The molecule has 0 aliphatic carbocycles. The Kier molecular flexibility index (Phi) is 6.98. The molecule has 9 aromatic carbocycles. The molecule has 1 nitrogen and oxygen atoms in total. The van der Waals surface area contributed by atoms with Crippen LogP contribution in [-0.4, -0.2) is 6.92 Å². The number of rotatable bonds is 6. The van der Waals surface area contributed by atoms with Crippen LogP contribution in [0.3, 0.4) is 0 Å². The fourth-order valence-corrected chi connectivity index (χ4v) is 7.62. The van der Waals surface area contributed by atoms with Crippen molar-refractivity contribution in [3.63, 3.8) is 0 Å². The van der Waals surface area contributed by atoms with Crippen LogP contribution in [-0.2, 0) is 0 Å². The zero-order chi connectivity index (χ0) is 31.9. The molecule has 0 atom stereocenters. The Morgan fingerprint density at radius 3 is 0.875 bits per heavy atom. The Bertz CT molecular complexity index is 2300. The maximum atomic E-state index is 7.31. The van der Waals surface area contributed by atoms with Gasteiger partial charge in [-0.1, -0.05) is 176 Å². The van der Waals surface area contributed by atoms with Gasteiger partial charge < -0.3 is 4.65 Å². The Morgan fingerprint density at radius 1 is 0.271 bits per heavy atom. The predicted molar refractivity (Wildman–Crippen MR) is 206 cm³/mol. The molecule has 0 unspecified atom stereocenters. The molecule has 0 aliphatic heterocycles. The molecule has 0 heterocycles. The second kappa shape index (κ2) is 11.9. The van der Waals surface area contributed by atoms with Gasteiger partial charge in [-0.15, -0.1) is 0 Å². The topological polar surface area (TPSA) is 9.23 Å². The molecule has 0 saturated carbocycles. The average molecular weight is 611 g/mol. The molecule has 0 aromatic heterocycles. The van der Waals surface area contributed by atoms with Gasteiger partial charge in [-0.2, -0.15) is 0 Å². The van der Waals surface area contributed by atoms with Crippen LogP contribution >= 0.6 is 0 Å². The van der Waals surface area contributed by atoms with E-state index in [1.807, 2.05) is 6.07 Å². The lowest BCUT2D eigenvalue weighted by atomic mass is 9.50. The molecular formula is C46H31BO. The standard InChI is InChI=1S/C46H31BO/c1-4-18-32(19-5-1)43-35-24-10-14-28-39(35)45(40-29-15-11-25-36(40)43)47(48-34-22-8-3-9-23-34)46-41-30-16-12-26-37(41)44(33-20-6-2-7-21-33)38-27-13-17-31-42(38)46/h1-31H. The minimum absolute atomic E-state index is 0.411. The van der Waals surface area contributed by atoms with Crippen LogP contribution in [0.2, 0.25) is 0 Å². The largest absolute Gasteiger partial charge is 0.551 e. The van der Waals surface area contributed by atoms with Gasteiger partial charge in [0.05, 0.1) is 5.75 Å². The number of fused-ring (bicyclic) bond motifs is 4. The van der Waals surface area contributed by atoms with Gasteiger partial charge in [0.1, 0.15) is 0 Å². The Balaban J connectivity index is 1.45. The Morgan fingerprint density at radius 2 is 0.542 bits per heavy atom. The normalized spacial score (nSPS) is 11.3. The molecule has 0 spiro atoms. The molecule has 9 rings (SSSR count). The smallest absolute Gasteiger partial charge is 0.428 e. The van der Waals surface area contributed by atoms with Gasteiger partial charge in [0.2, 0.25) is 0 Å². The zero-order valence-electron chi connectivity index (χ0n) is 26.4. The summed E-state index contributed by atoms with van der Waals surface area (Å²) in [5.74, 6) is 0.836. The lowest BCUT2D eigenvalue weighted by Gasteiger charge is -2.26. The van der Waals surface area contributed by atoms with E-state index in [0.29, 0.717) is 0 Å². The first kappa shape index (κ1) is 28.1. The highest BCUT2D eigenvalue weighted by molar-refractivity contribution is 6.88. The fourth-order valence-electron chi connectivity index (χ4n) is 7.62. The van der Waals surface area contributed by atoms with Crippen molar-refractivity contribution in [2.75, 3.05) is 0 Å². The third kappa shape index (κ3) is 4.65. The van der Waals surface area contributed by atoms with Crippen molar-refractivity contribution in [3.05, 3.63) is 188 Å². The molecular weight excluding hydrogens is 579 g/mol. The molecule has 0 bridgehead atoms. The van der Waals surface area contributed by atoms with Crippen molar-refractivity contribution in [3.8, 4) is 28.0 Å². The van der Waals surface area contributed by atoms with Crippen molar-refractivity contribution in [1.82, 2.24) is 0 Å². The van der Waals surface area contributed by atoms with Crippen molar-refractivity contribution in [1.29, 1.82) is 0 Å². The molecule has 9 aromatic rings. The molecule has 0 N–H and O–H groups in total. The summed E-state index contributed by atoms with van der Waals surface area (Å²) >= 11 is 0. The molecule has 0 amide bonds. The molecule has 0 aliphatic rings. The third-order valence-corrected chi connectivity index (χ3v) is 9.59. The van der Waals surface area contributed by atoms with Gasteiger partial charge in [-0.25, -0.2) is 0 Å². The average Bonchev–Trinajstić information content (AvgIpc) is 3.16. The van der Waals surface area contributed by atoms with Crippen LogP contribution in [0.5, 0.6) is 5.75 Å². The minimum atomic E-state index is -0.411. The van der Waals surface area contributed by atoms with Gasteiger partial charge in [0, 0.05) is 0 Å². The zero-order valence-corrected chi connectivity index (χ0v) is 26.4. The first-order chi connectivity index (χ1) is 23.9. The van der Waals surface area contributed by atoms with E-state index >= 15 is 0 Å². The first-order valence-electron chi connectivity index (χ1n) is 16.6.